The number of aromatic nitrogens is 6. The van der Waals surface area contributed by atoms with Crippen LogP contribution in [0, 0.1) is 6.92 Å². The van der Waals surface area contributed by atoms with E-state index < -0.39 is 0 Å². The molecule has 3 aromatic heterocycles. The molecule has 0 aliphatic heterocycles. The number of carbonyl (C=O) groups is 1. The van der Waals surface area contributed by atoms with Crippen molar-refractivity contribution in [3.05, 3.63) is 78.2 Å². The van der Waals surface area contributed by atoms with Gasteiger partial charge >= 0.3 is 0 Å². The number of amides is 1. The van der Waals surface area contributed by atoms with Crippen LogP contribution in [-0.4, -0.2) is 36.3 Å². The molecule has 3 heterocycles. The summed E-state index contributed by atoms with van der Waals surface area (Å²) in [6.45, 7) is 1.78. The van der Waals surface area contributed by atoms with Gasteiger partial charge in [-0.1, -0.05) is 41.6 Å². The maximum Gasteiger partial charge on any atom is 0.259 e. The van der Waals surface area contributed by atoms with Gasteiger partial charge in [-0.25, -0.2) is 9.67 Å². The summed E-state index contributed by atoms with van der Waals surface area (Å²) in [7, 11) is 0. The van der Waals surface area contributed by atoms with E-state index in [4.69, 9.17) is 4.52 Å². The fourth-order valence-electron chi connectivity index (χ4n) is 3.23. The molecule has 30 heavy (non-hydrogen) atoms. The van der Waals surface area contributed by atoms with Crippen LogP contribution in [0.5, 0.6) is 0 Å². The Labute approximate surface area is 170 Å². The molecule has 9 nitrogen and oxygen atoms in total. The molecule has 1 N–H and O–H groups in total. The van der Waals surface area contributed by atoms with E-state index in [1.54, 1.807) is 25.1 Å². The van der Waals surface area contributed by atoms with Crippen LogP contribution >= 0.6 is 0 Å². The van der Waals surface area contributed by atoms with Gasteiger partial charge in [-0.15, -0.1) is 5.10 Å². The van der Waals surface area contributed by atoms with Gasteiger partial charge in [0.1, 0.15) is 6.33 Å². The minimum atomic E-state index is -0.292. The summed E-state index contributed by atoms with van der Waals surface area (Å²) in [6, 6.07) is 18.6. The number of pyridine rings is 1. The van der Waals surface area contributed by atoms with Crippen molar-refractivity contribution in [2.24, 2.45) is 0 Å². The quantitative estimate of drug-likeness (QED) is 0.494. The van der Waals surface area contributed by atoms with Crippen molar-refractivity contribution in [3.8, 4) is 16.9 Å². The third kappa shape index (κ3) is 3.18. The van der Waals surface area contributed by atoms with Gasteiger partial charge < -0.3 is 9.84 Å². The number of anilines is 1. The molecule has 0 aliphatic carbocycles. The predicted octanol–water partition coefficient (Wildman–Crippen LogP) is 3.43. The van der Waals surface area contributed by atoms with Crippen molar-refractivity contribution in [1.29, 1.82) is 0 Å². The molecule has 0 spiro atoms. The van der Waals surface area contributed by atoms with Gasteiger partial charge in [0.15, 0.2) is 0 Å². The first kappa shape index (κ1) is 17.7. The average molecular weight is 397 g/mol. The summed E-state index contributed by atoms with van der Waals surface area (Å²) < 4.78 is 6.87. The van der Waals surface area contributed by atoms with E-state index in [9.17, 15) is 4.79 Å². The van der Waals surface area contributed by atoms with Crippen LogP contribution in [0.4, 0.5) is 5.69 Å². The topological polar surface area (TPSA) is 112 Å². The van der Waals surface area contributed by atoms with Gasteiger partial charge in [0.05, 0.1) is 28.0 Å². The lowest BCUT2D eigenvalue weighted by Gasteiger charge is -2.09. The van der Waals surface area contributed by atoms with Crippen LogP contribution in [0.1, 0.15) is 16.1 Å². The van der Waals surface area contributed by atoms with E-state index in [1.165, 1.54) is 11.0 Å². The molecule has 0 saturated heterocycles. The molecular weight excluding hydrogens is 382 g/mol. The highest BCUT2D eigenvalue weighted by molar-refractivity contribution is 6.13. The SMILES string of the molecule is Cc1noc2nc(-c3ccccc3)cc(C(=O)Nc3cccc(-n4cnnn4)c3)c12. The maximum absolute atomic E-state index is 13.2. The molecule has 0 saturated carbocycles. The van der Waals surface area contributed by atoms with Crippen molar-refractivity contribution in [1.82, 2.24) is 30.3 Å². The van der Waals surface area contributed by atoms with E-state index in [1.807, 2.05) is 42.5 Å². The maximum atomic E-state index is 13.2. The number of hydrogen-bond acceptors (Lipinski definition) is 7. The molecule has 0 atom stereocenters. The third-order valence-electron chi connectivity index (χ3n) is 4.65. The minimum absolute atomic E-state index is 0.292. The number of aryl methyl sites for hydroxylation is 1. The van der Waals surface area contributed by atoms with Crippen molar-refractivity contribution in [3.63, 3.8) is 0 Å². The van der Waals surface area contributed by atoms with Gasteiger partial charge in [-0.3, -0.25) is 4.79 Å². The Hall–Kier alpha value is -4.40. The predicted molar refractivity (Wildman–Crippen MR) is 109 cm³/mol. The summed E-state index contributed by atoms with van der Waals surface area (Å²) in [5, 5.41) is 18.6. The summed E-state index contributed by atoms with van der Waals surface area (Å²) in [5.74, 6) is -0.292. The van der Waals surface area contributed by atoms with Crippen molar-refractivity contribution >= 4 is 22.7 Å². The molecule has 146 valence electrons. The number of nitrogens with zero attached hydrogens (tertiary/aromatic N) is 6. The van der Waals surface area contributed by atoms with Crippen molar-refractivity contribution < 1.29 is 9.32 Å². The average Bonchev–Trinajstić information content (AvgIpc) is 3.44. The van der Waals surface area contributed by atoms with Crippen LogP contribution < -0.4 is 5.32 Å². The van der Waals surface area contributed by atoms with Crippen molar-refractivity contribution in [2.75, 3.05) is 5.32 Å². The Kier molecular flexibility index (Phi) is 4.25. The number of fused-ring (bicyclic) bond motifs is 1. The van der Waals surface area contributed by atoms with Crippen LogP contribution in [0.3, 0.4) is 0 Å². The number of benzene rings is 2. The Morgan fingerprint density at radius 2 is 1.93 bits per heavy atom. The zero-order valence-electron chi connectivity index (χ0n) is 15.9. The molecule has 1 amide bonds. The standard InChI is InChI=1S/C21H15N7O2/c1-13-19-17(11-18(24-21(19)30-25-13)14-6-3-2-4-7-14)20(29)23-15-8-5-9-16(10-15)28-12-22-26-27-28/h2-12H,1H3,(H,23,29). The highest BCUT2D eigenvalue weighted by Crippen LogP contribution is 2.27. The number of hydrogen-bond donors (Lipinski definition) is 1. The highest BCUT2D eigenvalue weighted by atomic mass is 16.5. The summed E-state index contributed by atoms with van der Waals surface area (Å²) >= 11 is 0. The number of rotatable bonds is 4. The minimum Gasteiger partial charge on any atom is -0.335 e. The van der Waals surface area contributed by atoms with Crippen LogP contribution in [0.25, 0.3) is 28.0 Å². The second kappa shape index (κ2) is 7.21. The molecule has 0 aliphatic rings. The van der Waals surface area contributed by atoms with E-state index in [0.717, 1.165) is 11.3 Å². The number of nitrogens with one attached hydrogen (secondary N) is 1. The van der Waals surface area contributed by atoms with Gasteiger partial charge in [-0.05, 0) is 41.6 Å². The number of carbonyl (C=O) groups excluding carboxylic acids is 1. The fourth-order valence-corrected chi connectivity index (χ4v) is 3.23. The Bertz CT molecular complexity index is 1340. The molecular formula is C21H15N7O2. The third-order valence-corrected chi connectivity index (χ3v) is 4.65. The summed E-state index contributed by atoms with van der Waals surface area (Å²) in [4.78, 5) is 17.7. The molecule has 0 fully saturated rings. The van der Waals surface area contributed by atoms with Gasteiger partial charge in [-0.2, -0.15) is 0 Å². The molecule has 5 rings (SSSR count). The first-order chi connectivity index (χ1) is 14.7. The molecule has 2 aromatic carbocycles. The lowest BCUT2D eigenvalue weighted by atomic mass is 10.0. The molecule has 0 radical (unpaired) electrons. The first-order valence-corrected chi connectivity index (χ1v) is 9.16. The zero-order chi connectivity index (χ0) is 20.5. The normalized spacial score (nSPS) is 11.0. The molecule has 9 heteroatoms. The summed E-state index contributed by atoms with van der Waals surface area (Å²) in [6.07, 6.45) is 1.49. The van der Waals surface area contributed by atoms with Crippen molar-refractivity contribution in [2.45, 2.75) is 6.92 Å². The Morgan fingerprint density at radius 3 is 2.73 bits per heavy atom. The van der Waals surface area contributed by atoms with Crippen LogP contribution in [0.15, 0.2) is 71.5 Å². The lowest BCUT2D eigenvalue weighted by Crippen LogP contribution is -2.13. The highest BCUT2D eigenvalue weighted by Gasteiger charge is 2.19. The number of tetrazole rings is 1. The molecule has 0 bridgehead atoms. The van der Waals surface area contributed by atoms with Gasteiger partial charge in [0.2, 0.25) is 0 Å². The molecule has 0 unspecified atom stereocenters. The van der Waals surface area contributed by atoms with E-state index in [-0.39, 0.29) is 5.91 Å². The second-order valence-corrected chi connectivity index (χ2v) is 6.63. The van der Waals surface area contributed by atoms with Crippen LogP contribution in [-0.2, 0) is 0 Å². The van der Waals surface area contributed by atoms with Crippen LogP contribution in [0.2, 0.25) is 0 Å². The summed E-state index contributed by atoms with van der Waals surface area (Å²) in [5.41, 5.74) is 4.20. The fraction of sp³-hybridized carbons (Fsp3) is 0.0476. The first-order valence-electron chi connectivity index (χ1n) is 9.16. The smallest absolute Gasteiger partial charge is 0.259 e. The van der Waals surface area contributed by atoms with E-state index in [2.05, 4.69) is 31.0 Å². The van der Waals surface area contributed by atoms with Gasteiger partial charge in [0.25, 0.3) is 11.6 Å². The Morgan fingerprint density at radius 1 is 1.07 bits per heavy atom. The second-order valence-electron chi connectivity index (χ2n) is 6.63. The molecule has 5 aromatic rings. The van der Waals surface area contributed by atoms with Gasteiger partial charge in [0, 0.05) is 11.3 Å². The largest absolute Gasteiger partial charge is 0.335 e. The monoisotopic (exact) mass is 397 g/mol. The lowest BCUT2D eigenvalue weighted by molar-refractivity contribution is 0.102. The zero-order valence-corrected chi connectivity index (χ0v) is 15.9. The van der Waals surface area contributed by atoms with E-state index in [0.29, 0.717) is 33.7 Å². The van der Waals surface area contributed by atoms with E-state index >= 15 is 0 Å². The Balaban J connectivity index is 1.55.